The number of para-hydroxylation sites is 1. The van der Waals surface area contributed by atoms with Gasteiger partial charge in [-0.25, -0.2) is 0 Å². The second-order valence-corrected chi connectivity index (χ2v) is 5.27. The molecule has 1 aromatic carbocycles. The van der Waals surface area contributed by atoms with Crippen molar-refractivity contribution in [2.45, 2.75) is 19.8 Å². The van der Waals surface area contributed by atoms with Crippen molar-refractivity contribution in [2.24, 2.45) is 5.92 Å². The molecule has 1 fully saturated rings. The Labute approximate surface area is 96.7 Å². The van der Waals surface area contributed by atoms with E-state index in [1.54, 1.807) is 0 Å². The molecule has 1 saturated heterocycles. The minimum absolute atomic E-state index is 0.875. The van der Waals surface area contributed by atoms with E-state index in [9.17, 15) is 0 Å². The third kappa shape index (κ3) is 2.91. The molecule has 1 heterocycles. The molecule has 1 aliphatic rings. The van der Waals surface area contributed by atoms with Crippen molar-refractivity contribution in [3.05, 3.63) is 29.8 Å². The molecular weight excluding hydrogens is 202 g/mol. The van der Waals surface area contributed by atoms with E-state index in [1.165, 1.54) is 29.2 Å². The minimum Gasteiger partial charge on any atom is -0.385 e. The van der Waals surface area contributed by atoms with Crippen LogP contribution in [-0.2, 0) is 6.42 Å². The van der Waals surface area contributed by atoms with Crippen molar-refractivity contribution in [3.63, 3.8) is 0 Å². The molecular formula is C13H19NS. The summed E-state index contributed by atoms with van der Waals surface area (Å²) in [5.74, 6) is 3.56. The molecule has 15 heavy (non-hydrogen) atoms. The highest BCUT2D eigenvalue weighted by Gasteiger charge is 2.15. The van der Waals surface area contributed by atoms with Crippen LogP contribution in [0.1, 0.15) is 18.9 Å². The number of rotatable bonds is 4. The fourth-order valence-corrected chi connectivity index (χ4v) is 3.28. The molecule has 1 unspecified atom stereocenters. The Balaban J connectivity index is 1.91. The molecule has 0 amide bonds. The SMILES string of the molecule is CCc1ccccc1NCC1CCSC1. The second-order valence-electron chi connectivity index (χ2n) is 4.12. The summed E-state index contributed by atoms with van der Waals surface area (Å²) in [6, 6.07) is 8.65. The summed E-state index contributed by atoms with van der Waals surface area (Å²) in [5, 5.41) is 3.59. The van der Waals surface area contributed by atoms with Crippen LogP contribution in [0.3, 0.4) is 0 Å². The third-order valence-electron chi connectivity index (χ3n) is 3.00. The van der Waals surface area contributed by atoms with Crippen LogP contribution in [0.5, 0.6) is 0 Å². The first-order valence-electron chi connectivity index (χ1n) is 5.79. The second kappa shape index (κ2) is 5.45. The molecule has 0 spiro atoms. The first-order valence-corrected chi connectivity index (χ1v) is 6.95. The summed E-state index contributed by atoms with van der Waals surface area (Å²) in [4.78, 5) is 0. The normalized spacial score (nSPS) is 20.5. The highest BCUT2D eigenvalue weighted by atomic mass is 32.2. The maximum atomic E-state index is 3.59. The Bertz CT molecular complexity index is 305. The standard InChI is InChI=1S/C13H19NS/c1-2-12-5-3-4-6-13(12)14-9-11-7-8-15-10-11/h3-6,11,14H,2,7-10H2,1H3. The number of hydrogen-bond acceptors (Lipinski definition) is 2. The van der Waals surface area contributed by atoms with Crippen LogP contribution in [0, 0.1) is 5.92 Å². The molecule has 0 aromatic heterocycles. The Morgan fingerprint density at radius 3 is 3.00 bits per heavy atom. The van der Waals surface area contributed by atoms with Gasteiger partial charge in [-0.1, -0.05) is 25.1 Å². The zero-order valence-electron chi connectivity index (χ0n) is 9.33. The largest absolute Gasteiger partial charge is 0.385 e. The van der Waals surface area contributed by atoms with Gasteiger partial charge in [-0.2, -0.15) is 11.8 Å². The Hall–Kier alpha value is -0.630. The monoisotopic (exact) mass is 221 g/mol. The van der Waals surface area contributed by atoms with Crippen molar-refractivity contribution in [1.82, 2.24) is 0 Å². The number of nitrogens with one attached hydrogen (secondary N) is 1. The van der Waals surface area contributed by atoms with Gasteiger partial charge in [-0.3, -0.25) is 0 Å². The Kier molecular flexibility index (Phi) is 3.95. The van der Waals surface area contributed by atoms with E-state index >= 15 is 0 Å². The predicted octanol–water partition coefficient (Wildman–Crippen LogP) is 3.41. The van der Waals surface area contributed by atoms with Gasteiger partial charge in [0.2, 0.25) is 0 Å². The van der Waals surface area contributed by atoms with Crippen LogP contribution in [0.15, 0.2) is 24.3 Å². The molecule has 1 nitrogen and oxygen atoms in total. The average Bonchev–Trinajstić information content (AvgIpc) is 2.79. The lowest BCUT2D eigenvalue weighted by molar-refractivity contribution is 0.631. The van der Waals surface area contributed by atoms with Crippen LogP contribution in [-0.4, -0.2) is 18.1 Å². The molecule has 1 aliphatic heterocycles. The van der Waals surface area contributed by atoms with Crippen molar-refractivity contribution >= 4 is 17.4 Å². The highest BCUT2D eigenvalue weighted by molar-refractivity contribution is 7.99. The van der Waals surface area contributed by atoms with Gasteiger partial charge < -0.3 is 5.32 Å². The van der Waals surface area contributed by atoms with E-state index in [0.717, 1.165) is 18.9 Å². The lowest BCUT2D eigenvalue weighted by Crippen LogP contribution is -2.14. The van der Waals surface area contributed by atoms with E-state index in [4.69, 9.17) is 0 Å². The number of anilines is 1. The smallest absolute Gasteiger partial charge is 0.0372 e. The van der Waals surface area contributed by atoms with Gasteiger partial charge in [-0.15, -0.1) is 0 Å². The molecule has 0 saturated carbocycles. The van der Waals surface area contributed by atoms with Gasteiger partial charge in [0.05, 0.1) is 0 Å². The van der Waals surface area contributed by atoms with E-state index < -0.39 is 0 Å². The molecule has 82 valence electrons. The van der Waals surface area contributed by atoms with Crippen molar-refractivity contribution in [2.75, 3.05) is 23.4 Å². The fourth-order valence-electron chi connectivity index (χ4n) is 2.00. The van der Waals surface area contributed by atoms with Gasteiger partial charge >= 0.3 is 0 Å². The topological polar surface area (TPSA) is 12.0 Å². The Morgan fingerprint density at radius 1 is 1.40 bits per heavy atom. The Morgan fingerprint density at radius 2 is 2.27 bits per heavy atom. The van der Waals surface area contributed by atoms with Crippen LogP contribution >= 0.6 is 11.8 Å². The van der Waals surface area contributed by atoms with E-state index in [1.807, 2.05) is 0 Å². The summed E-state index contributed by atoms with van der Waals surface area (Å²) in [7, 11) is 0. The van der Waals surface area contributed by atoms with Crippen molar-refractivity contribution in [3.8, 4) is 0 Å². The summed E-state index contributed by atoms with van der Waals surface area (Å²) in [5.41, 5.74) is 2.76. The summed E-state index contributed by atoms with van der Waals surface area (Å²) in [6.45, 7) is 3.36. The average molecular weight is 221 g/mol. The molecule has 0 aliphatic carbocycles. The number of benzene rings is 1. The van der Waals surface area contributed by atoms with E-state index in [0.29, 0.717) is 0 Å². The summed E-state index contributed by atoms with van der Waals surface area (Å²) in [6.07, 6.45) is 2.49. The lowest BCUT2D eigenvalue weighted by Gasteiger charge is -2.14. The fraction of sp³-hybridized carbons (Fsp3) is 0.538. The van der Waals surface area contributed by atoms with Gasteiger partial charge in [0.25, 0.3) is 0 Å². The molecule has 2 rings (SSSR count). The maximum absolute atomic E-state index is 3.59. The van der Waals surface area contributed by atoms with Gasteiger partial charge in [0.15, 0.2) is 0 Å². The first kappa shape index (κ1) is 10.9. The third-order valence-corrected chi connectivity index (χ3v) is 4.23. The van der Waals surface area contributed by atoms with Crippen molar-refractivity contribution < 1.29 is 0 Å². The van der Waals surface area contributed by atoms with Crippen LogP contribution < -0.4 is 5.32 Å². The van der Waals surface area contributed by atoms with Gasteiger partial charge in [0, 0.05) is 12.2 Å². The van der Waals surface area contributed by atoms with E-state index in [-0.39, 0.29) is 0 Å². The molecule has 2 heteroatoms. The first-order chi connectivity index (χ1) is 7.40. The molecule has 1 N–H and O–H groups in total. The molecule has 0 bridgehead atoms. The molecule has 0 radical (unpaired) electrons. The number of thioether (sulfide) groups is 1. The van der Waals surface area contributed by atoms with Crippen molar-refractivity contribution in [1.29, 1.82) is 0 Å². The number of hydrogen-bond donors (Lipinski definition) is 1. The van der Waals surface area contributed by atoms with Crippen LogP contribution in [0.25, 0.3) is 0 Å². The highest BCUT2D eigenvalue weighted by Crippen LogP contribution is 2.24. The van der Waals surface area contributed by atoms with Gasteiger partial charge in [-0.05, 0) is 41.9 Å². The zero-order chi connectivity index (χ0) is 10.5. The number of aryl methyl sites for hydroxylation is 1. The van der Waals surface area contributed by atoms with Crippen LogP contribution in [0.4, 0.5) is 5.69 Å². The van der Waals surface area contributed by atoms with Gasteiger partial charge in [0.1, 0.15) is 0 Å². The maximum Gasteiger partial charge on any atom is 0.0372 e. The minimum atomic E-state index is 0.875. The summed E-state index contributed by atoms with van der Waals surface area (Å²) < 4.78 is 0. The summed E-state index contributed by atoms with van der Waals surface area (Å²) >= 11 is 2.09. The van der Waals surface area contributed by atoms with E-state index in [2.05, 4.69) is 48.3 Å². The lowest BCUT2D eigenvalue weighted by atomic mass is 10.1. The molecule has 1 atom stereocenters. The zero-order valence-corrected chi connectivity index (χ0v) is 10.1. The quantitative estimate of drug-likeness (QED) is 0.836. The van der Waals surface area contributed by atoms with Crippen LogP contribution in [0.2, 0.25) is 0 Å². The predicted molar refractivity (Wildman–Crippen MR) is 69.7 cm³/mol. The molecule has 1 aromatic rings.